The fourth-order valence-corrected chi connectivity index (χ4v) is 2.14. The molecule has 0 aliphatic rings. The number of hydrogen-bond donors (Lipinski definition) is 1. The second kappa shape index (κ2) is 5.78. The molecule has 0 saturated heterocycles. The van der Waals surface area contributed by atoms with Crippen LogP contribution in [0.4, 0.5) is 0 Å². The first-order chi connectivity index (χ1) is 8.70. The number of hydrogen-bond acceptors (Lipinski definition) is 3. The quantitative estimate of drug-likeness (QED) is 0.875. The van der Waals surface area contributed by atoms with E-state index in [0.717, 1.165) is 24.2 Å². The lowest BCUT2D eigenvalue weighted by atomic mass is 10.0. The Labute approximate surface area is 108 Å². The third-order valence-electron chi connectivity index (χ3n) is 3.06. The number of likely N-dealkylation sites (N-methyl/N-ethyl adjacent to an activating group) is 1. The second-order valence-corrected chi connectivity index (χ2v) is 4.60. The van der Waals surface area contributed by atoms with Gasteiger partial charge in [-0.2, -0.15) is 0 Å². The van der Waals surface area contributed by atoms with Crippen molar-refractivity contribution in [2.45, 2.75) is 26.3 Å². The van der Waals surface area contributed by atoms with Gasteiger partial charge in [0.1, 0.15) is 0 Å². The van der Waals surface area contributed by atoms with Crippen molar-refractivity contribution in [2.75, 3.05) is 6.54 Å². The van der Waals surface area contributed by atoms with Crippen molar-refractivity contribution in [2.24, 2.45) is 7.05 Å². The van der Waals surface area contributed by atoms with Crippen molar-refractivity contribution in [3.8, 4) is 11.3 Å². The first-order valence-corrected chi connectivity index (χ1v) is 6.38. The molecule has 4 nitrogen and oxygen atoms in total. The summed E-state index contributed by atoms with van der Waals surface area (Å²) < 4.78 is 1.79. The Kier molecular flexibility index (Phi) is 4.10. The van der Waals surface area contributed by atoms with E-state index in [1.165, 1.54) is 5.56 Å². The number of aryl methyl sites for hydroxylation is 1. The van der Waals surface area contributed by atoms with Gasteiger partial charge in [0, 0.05) is 18.7 Å². The summed E-state index contributed by atoms with van der Waals surface area (Å²) in [6.45, 7) is 5.36. The van der Waals surface area contributed by atoms with E-state index in [0.29, 0.717) is 6.04 Å². The molecule has 0 amide bonds. The number of benzene rings is 1. The Hall–Kier alpha value is -1.68. The van der Waals surface area contributed by atoms with Gasteiger partial charge in [0.2, 0.25) is 0 Å². The van der Waals surface area contributed by atoms with Crippen LogP contribution >= 0.6 is 0 Å². The molecule has 0 radical (unpaired) electrons. The van der Waals surface area contributed by atoms with Crippen LogP contribution in [0.15, 0.2) is 30.5 Å². The number of nitrogens with zero attached hydrogens (tertiary/aromatic N) is 3. The van der Waals surface area contributed by atoms with Crippen LogP contribution in [0.1, 0.15) is 19.4 Å². The van der Waals surface area contributed by atoms with Crippen LogP contribution in [0.2, 0.25) is 0 Å². The smallest absolute Gasteiger partial charge is 0.0882 e. The van der Waals surface area contributed by atoms with Crippen LogP contribution in [0.5, 0.6) is 0 Å². The highest BCUT2D eigenvalue weighted by Gasteiger charge is 2.05. The Morgan fingerprint density at radius 2 is 2.00 bits per heavy atom. The van der Waals surface area contributed by atoms with Gasteiger partial charge in [0.05, 0.1) is 11.9 Å². The summed E-state index contributed by atoms with van der Waals surface area (Å²) in [6, 6.07) is 9.13. The van der Waals surface area contributed by atoms with Crippen LogP contribution in [0, 0.1) is 0 Å². The average molecular weight is 244 g/mol. The monoisotopic (exact) mass is 244 g/mol. The minimum atomic E-state index is 0.513. The maximum atomic E-state index is 3.94. The average Bonchev–Trinajstić information content (AvgIpc) is 2.77. The topological polar surface area (TPSA) is 42.7 Å². The predicted octanol–water partition coefficient (Wildman–Crippen LogP) is 2.02. The Bertz CT molecular complexity index is 487. The molecule has 0 fully saturated rings. The van der Waals surface area contributed by atoms with Crippen molar-refractivity contribution >= 4 is 0 Å². The van der Waals surface area contributed by atoms with Crippen molar-refractivity contribution in [1.29, 1.82) is 0 Å². The summed E-state index contributed by atoms with van der Waals surface area (Å²) in [5.74, 6) is 0. The zero-order valence-electron chi connectivity index (χ0n) is 11.2. The van der Waals surface area contributed by atoms with Gasteiger partial charge in [-0.1, -0.05) is 36.4 Å². The maximum Gasteiger partial charge on any atom is 0.0882 e. The lowest BCUT2D eigenvalue weighted by Gasteiger charge is -2.12. The molecule has 0 aliphatic heterocycles. The number of rotatable bonds is 5. The molecule has 18 heavy (non-hydrogen) atoms. The minimum Gasteiger partial charge on any atom is -0.314 e. The van der Waals surface area contributed by atoms with Gasteiger partial charge in [-0.15, -0.1) is 5.10 Å². The zero-order valence-corrected chi connectivity index (χ0v) is 11.2. The Morgan fingerprint density at radius 1 is 1.28 bits per heavy atom. The molecule has 96 valence electrons. The van der Waals surface area contributed by atoms with E-state index in [1.807, 2.05) is 7.05 Å². The van der Waals surface area contributed by atoms with Crippen LogP contribution in [0.3, 0.4) is 0 Å². The predicted molar refractivity (Wildman–Crippen MR) is 73.3 cm³/mol. The molecule has 1 atom stereocenters. The van der Waals surface area contributed by atoms with E-state index in [-0.39, 0.29) is 0 Å². The zero-order chi connectivity index (χ0) is 13.0. The molecule has 2 aromatic rings. The van der Waals surface area contributed by atoms with Gasteiger partial charge in [-0.3, -0.25) is 0 Å². The SMILES string of the molecule is CCNC(C)Cc1ccc(-c2cnnn2C)cc1. The molecule has 0 saturated carbocycles. The van der Waals surface area contributed by atoms with E-state index in [9.17, 15) is 0 Å². The molecule has 1 N–H and O–H groups in total. The summed E-state index contributed by atoms with van der Waals surface area (Å²) in [4.78, 5) is 0. The molecular formula is C14H20N4. The standard InChI is InChI=1S/C14H20N4/c1-4-15-11(2)9-12-5-7-13(8-6-12)14-10-16-17-18(14)3/h5-8,10-11,15H,4,9H2,1-3H3. The van der Waals surface area contributed by atoms with Crippen LogP contribution in [-0.4, -0.2) is 27.6 Å². The molecule has 0 aliphatic carbocycles. The highest BCUT2D eigenvalue weighted by atomic mass is 15.4. The van der Waals surface area contributed by atoms with Crippen molar-refractivity contribution in [1.82, 2.24) is 20.3 Å². The molecular weight excluding hydrogens is 224 g/mol. The van der Waals surface area contributed by atoms with Crippen LogP contribution in [-0.2, 0) is 13.5 Å². The van der Waals surface area contributed by atoms with Crippen LogP contribution < -0.4 is 5.32 Å². The van der Waals surface area contributed by atoms with Crippen molar-refractivity contribution < 1.29 is 0 Å². The summed E-state index contributed by atoms with van der Waals surface area (Å²) in [5.41, 5.74) is 3.55. The fraction of sp³-hybridized carbons (Fsp3) is 0.429. The lowest BCUT2D eigenvalue weighted by molar-refractivity contribution is 0.565. The van der Waals surface area contributed by atoms with Gasteiger partial charge in [0.25, 0.3) is 0 Å². The fourth-order valence-electron chi connectivity index (χ4n) is 2.14. The van der Waals surface area contributed by atoms with E-state index in [1.54, 1.807) is 10.9 Å². The molecule has 0 spiro atoms. The van der Waals surface area contributed by atoms with Crippen LogP contribution in [0.25, 0.3) is 11.3 Å². The molecule has 4 heteroatoms. The minimum absolute atomic E-state index is 0.513. The molecule has 2 rings (SSSR count). The van der Waals surface area contributed by atoms with Crippen molar-refractivity contribution in [3.05, 3.63) is 36.0 Å². The molecule has 1 unspecified atom stereocenters. The van der Waals surface area contributed by atoms with Gasteiger partial charge in [-0.05, 0) is 25.5 Å². The molecule has 1 heterocycles. The van der Waals surface area contributed by atoms with Gasteiger partial charge < -0.3 is 5.32 Å². The maximum absolute atomic E-state index is 3.94. The van der Waals surface area contributed by atoms with Crippen molar-refractivity contribution in [3.63, 3.8) is 0 Å². The van der Waals surface area contributed by atoms with Gasteiger partial charge in [0.15, 0.2) is 0 Å². The highest BCUT2D eigenvalue weighted by Crippen LogP contribution is 2.18. The van der Waals surface area contributed by atoms with Gasteiger partial charge in [-0.25, -0.2) is 4.68 Å². The summed E-state index contributed by atoms with van der Waals surface area (Å²) in [5, 5.41) is 11.3. The first kappa shape index (κ1) is 12.8. The third kappa shape index (κ3) is 2.96. The summed E-state index contributed by atoms with van der Waals surface area (Å²) in [6.07, 6.45) is 2.84. The summed E-state index contributed by atoms with van der Waals surface area (Å²) >= 11 is 0. The molecule has 1 aromatic heterocycles. The van der Waals surface area contributed by atoms with E-state index in [4.69, 9.17) is 0 Å². The first-order valence-electron chi connectivity index (χ1n) is 6.38. The third-order valence-corrected chi connectivity index (χ3v) is 3.06. The lowest BCUT2D eigenvalue weighted by Crippen LogP contribution is -2.27. The molecule has 1 aromatic carbocycles. The van der Waals surface area contributed by atoms with Gasteiger partial charge >= 0.3 is 0 Å². The number of aromatic nitrogens is 3. The summed E-state index contributed by atoms with van der Waals surface area (Å²) in [7, 11) is 1.91. The number of nitrogens with one attached hydrogen (secondary N) is 1. The normalized spacial score (nSPS) is 12.6. The second-order valence-electron chi connectivity index (χ2n) is 4.60. The highest BCUT2D eigenvalue weighted by molar-refractivity contribution is 5.58. The van der Waals surface area contributed by atoms with E-state index < -0.39 is 0 Å². The van der Waals surface area contributed by atoms with E-state index in [2.05, 4.69) is 53.7 Å². The van der Waals surface area contributed by atoms with E-state index >= 15 is 0 Å². The largest absolute Gasteiger partial charge is 0.314 e. The molecule has 0 bridgehead atoms. The Morgan fingerprint density at radius 3 is 2.56 bits per heavy atom. The Balaban J connectivity index is 2.08.